The van der Waals surface area contributed by atoms with E-state index in [1.54, 1.807) is 0 Å². The lowest BCUT2D eigenvalue weighted by atomic mass is 10.0. The first kappa shape index (κ1) is 26.0. The molecule has 0 heterocycles. The van der Waals surface area contributed by atoms with Crippen LogP contribution >= 0.6 is 0 Å². The van der Waals surface area contributed by atoms with Crippen molar-refractivity contribution in [1.82, 2.24) is 0 Å². The molecule has 0 bridgehead atoms. The van der Waals surface area contributed by atoms with Gasteiger partial charge in [0.1, 0.15) is 0 Å². The minimum Gasteiger partial charge on any atom is -0.252 e. The van der Waals surface area contributed by atoms with Crippen molar-refractivity contribution in [3.05, 3.63) is 58.7 Å². The Hall–Kier alpha value is -2.22. The van der Waals surface area contributed by atoms with Crippen LogP contribution in [0, 0.1) is 0 Å². The van der Waals surface area contributed by atoms with Crippen molar-refractivity contribution in [3.63, 3.8) is 0 Å². The van der Waals surface area contributed by atoms with E-state index in [4.69, 9.17) is 9.98 Å². The molecule has 2 rings (SSSR count). The van der Waals surface area contributed by atoms with E-state index in [0.29, 0.717) is 0 Å². The highest BCUT2D eigenvalue weighted by Crippen LogP contribution is 2.24. The summed E-state index contributed by atoms with van der Waals surface area (Å²) in [7, 11) is 0. The van der Waals surface area contributed by atoms with E-state index in [2.05, 4.69) is 77.9 Å². The minimum atomic E-state index is 0.990. The summed E-state index contributed by atoms with van der Waals surface area (Å²) < 4.78 is 0. The molecule has 0 aliphatic carbocycles. The van der Waals surface area contributed by atoms with Crippen molar-refractivity contribution >= 4 is 22.8 Å². The standard InChI is InChI=1S/C30H44N2/c1-7-13-15-29(31-27-19-17-23(9-3)25(11-5)21-27)30(16-14-8-2)32-28-20-18-24(10-4)26(12-6)22-28/h17-22H,7-16H2,1-6H3. The average Bonchev–Trinajstić information content (AvgIpc) is 2.83. The molecule has 0 aromatic heterocycles. The SMILES string of the molecule is CCCCC(=Nc1ccc(CC)c(CC)c1)C(CCCC)=Nc1ccc(CC)c(CC)c1. The summed E-state index contributed by atoms with van der Waals surface area (Å²) in [6.45, 7) is 13.4. The molecule has 0 N–H and O–H groups in total. The van der Waals surface area contributed by atoms with Gasteiger partial charge in [-0.1, -0.05) is 66.5 Å². The number of aliphatic imine (C=N–C) groups is 2. The molecule has 0 saturated heterocycles. The molecule has 2 aromatic carbocycles. The molecule has 2 heteroatoms. The van der Waals surface area contributed by atoms with Crippen LogP contribution < -0.4 is 0 Å². The van der Waals surface area contributed by atoms with E-state index < -0.39 is 0 Å². The second-order valence-corrected chi connectivity index (χ2v) is 8.64. The highest BCUT2D eigenvalue weighted by Gasteiger charge is 2.12. The highest BCUT2D eigenvalue weighted by atomic mass is 14.8. The fraction of sp³-hybridized carbons (Fsp3) is 0.533. The van der Waals surface area contributed by atoms with Crippen LogP contribution in [0.1, 0.15) is 102 Å². The molecule has 32 heavy (non-hydrogen) atoms. The van der Waals surface area contributed by atoms with Crippen molar-refractivity contribution < 1.29 is 0 Å². The van der Waals surface area contributed by atoms with Gasteiger partial charge in [0.25, 0.3) is 0 Å². The maximum absolute atomic E-state index is 5.19. The topological polar surface area (TPSA) is 24.7 Å². The van der Waals surface area contributed by atoms with Crippen LogP contribution in [0.15, 0.2) is 46.4 Å². The Balaban J connectivity index is 2.53. The quantitative estimate of drug-likeness (QED) is 0.282. The summed E-state index contributed by atoms with van der Waals surface area (Å²) in [6.07, 6.45) is 10.9. The lowest BCUT2D eigenvalue weighted by molar-refractivity contribution is 0.824. The summed E-state index contributed by atoms with van der Waals surface area (Å²) in [5, 5.41) is 0. The molecule has 0 fully saturated rings. The van der Waals surface area contributed by atoms with E-state index in [-0.39, 0.29) is 0 Å². The molecule has 0 unspecified atom stereocenters. The second-order valence-electron chi connectivity index (χ2n) is 8.64. The fourth-order valence-electron chi connectivity index (χ4n) is 4.24. The maximum Gasteiger partial charge on any atom is 0.0636 e. The van der Waals surface area contributed by atoms with Gasteiger partial charge < -0.3 is 0 Å². The average molecular weight is 433 g/mol. The summed E-state index contributed by atoms with van der Waals surface area (Å²) in [5.74, 6) is 0. The predicted molar refractivity (Wildman–Crippen MR) is 144 cm³/mol. The zero-order chi connectivity index (χ0) is 23.3. The molecule has 0 aliphatic heterocycles. The van der Waals surface area contributed by atoms with Gasteiger partial charge in [0.05, 0.1) is 22.8 Å². The van der Waals surface area contributed by atoms with Gasteiger partial charge in [0.15, 0.2) is 0 Å². The third kappa shape index (κ3) is 7.43. The lowest BCUT2D eigenvalue weighted by Crippen LogP contribution is -2.14. The molecule has 2 aromatic rings. The Bertz CT molecular complexity index is 830. The van der Waals surface area contributed by atoms with Crippen molar-refractivity contribution in [2.24, 2.45) is 9.98 Å². The largest absolute Gasteiger partial charge is 0.252 e. The minimum absolute atomic E-state index is 0.990. The van der Waals surface area contributed by atoms with Crippen LogP contribution in [0.4, 0.5) is 11.4 Å². The third-order valence-corrected chi connectivity index (χ3v) is 6.30. The zero-order valence-corrected chi connectivity index (χ0v) is 21.4. The van der Waals surface area contributed by atoms with Gasteiger partial charge in [-0.2, -0.15) is 0 Å². The van der Waals surface area contributed by atoms with Crippen molar-refractivity contribution in [1.29, 1.82) is 0 Å². The number of hydrogen-bond acceptors (Lipinski definition) is 2. The predicted octanol–water partition coefficient (Wildman–Crippen LogP) is 9.16. The molecule has 0 saturated carbocycles. The van der Waals surface area contributed by atoms with Crippen LogP contribution in [-0.4, -0.2) is 11.4 Å². The molecule has 0 aliphatic rings. The maximum atomic E-state index is 5.19. The number of rotatable bonds is 13. The Labute approximate surface area is 197 Å². The van der Waals surface area contributed by atoms with E-state index in [0.717, 1.165) is 62.7 Å². The summed E-state index contributed by atoms with van der Waals surface area (Å²) in [6, 6.07) is 13.5. The molecular weight excluding hydrogens is 388 g/mol. The Kier molecular flexibility index (Phi) is 11.4. The number of benzene rings is 2. The summed E-state index contributed by atoms with van der Waals surface area (Å²) in [4.78, 5) is 10.4. The normalized spacial score (nSPS) is 12.4. The van der Waals surface area contributed by atoms with Crippen molar-refractivity contribution in [3.8, 4) is 0 Å². The van der Waals surface area contributed by atoms with Gasteiger partial charge in [0, 0.05) is 0 Å². The van der Waals surface area contributed by atoms with Gasteiger partial charge in [-0.05, 0) is 97.9 Å². The first-order valence-corrected chi connectivity index (χ1v) is 13.0. The Morgan fingerprint density at radius 1 is 0.531 bits per heavy atom. The molecule has 2 nitrogen and oxygen atoms in total. The van der Waals surface area contributed by atoms with Crippen LogP contribution in [0.2, 0.25) is 0 Å². The zero-order valence-electron chi connectivity index (χ0n) is 21.4. The number of nitrogens with zero attached hydrogens (tertiary/aromatic N) is 2. The molecule has 0 radical (unpaired) electrons. The Morgan fingerprint density at radius 2 is 0.906 bits per heavy atom. The van der Waals surface area contributed by atoms with Crippen LogP contribution in [-0.2, 0) is 25.7 Å². The van der Waals surface area contributed by atoms with Gasteiger partial charge >= 0.3 is 0 Å². The lowest BCUT2D eigenvalue weighted by Gasteiger charge is -2.13. The smallest absolute Gasteiger partial charge is 0.0636 e. The highest BCUT2D eigenvalue weighted by molar-refractivity contribution is 6.43. The van der Waals surface area contributed by atoms with E-state index in [9.17, 15) is 0 Å². The Morgan fingerprint density at radius 3 is 1.22 bits per heavy atom. The van der Waals surface area contributed by atoms with E-state index >= 15 is 0 Å². The first-order chi connectivity index (χ1) is 15.6. The first-order valence-electron chi connectivity index (χ1n) is 13.0. The molecule has 0 atom stereocenters. The monoisotopic (exact) mass is 432 g/mol. The molecular formula is C30H44N2. The number of aryl methyl sites for hydroxylation is 4. The molecule has 174 valence electrons. The molecule has 0 amide bonds. The molecule has 0 spiro atoms. The fourth-order valence-corrected chi connectivity index (χ4v) is 4.24. The van der Waals surface area contributed by atoms with Gasteiger partial charge in [-0.15, -0.1) is 0 Å². The van der Waals surface area contributed by atoms with Crippen molar-refractivity contribution in [2.75, 3.05) is 0 Å². The third-order valence-electron chi connectivity index (χ3n) is 6.30. The van der Waals surface area contributed by atoms with Crippen molar-refractivity contribution in [2.45, 2.75) is 106 Å². The summed E-state index contributed by atoms with van der Waals surface area (Å²) >= 11 is 0. The van der Waals surface area contributed by atoms with E-state index in [1.165, 1.54) is 46.5 Å². The van der Waals surface area contributed by atoms with Gasteiger partial charge in [-0.3, -0.25) is 9.98 Å². The van der Waals surface area contributed by atoms with Crippen LogP contribution in [0.25, 0.3) is 0 Å². The second kappa shape index (κ2) is 14.0. The van der Waals surface area contributed by atoms with Crippen LogP contribution in [0.3, 0.4) is 0 Å². The number of hydrogen-bond donors (Lipinski definition) is 0. The number of unbranched alkanes of at least 4 members (excludes halogenated alkanes) is 2. The summed E-state index contributed by atoms with van der Waals surface area (Å²) in [5.41, 5.74) is 10.2. The van der Waals surface area contributed by atoms with Crippen LogP contribution in [0.5, 0.6) is 0 Å². The van der Waals surface area contributed by atoms with Gasteiger partial charge in [0.2, 0.25) is 0 Å². The van der Waals surface area contributed by atoms with E-state index in [1.807, 2.05) is 0 Å². The van der Waals surface area contributed by atoms with Gasteiger partial charge in [-0.25, -0.2) is 0 Å².